The first-order chi connectivity index (χ1) is 20.9. The zero-order valence-electron chi connectivity index (χ0n) is 24.4. The predicted octanol–water partition coefficient (Wildman–Crippen LogP) is 2.38. The van der Waals surface area contributed by atoms with E-state index in [9.17, 15) is 19.2 Å². The summed E-state index contributed by atoms with van der Waals surface area (Å²) in [4.78, 5) is 56.6. The summed E-state index contributed by atoms with van der Waals surface area (Å²) in [6.07, 6.45) is 4.94. The molecule has 1 spiro atoms. The molecule has 0 bridgehead atoms. The average Bonchev–Trinajstić information content (AvgIpc) is 3.62. The van der Waals surface area contributed by atoms with Crippen molar-refractivity contribution in [3.63, 3.8) is 0 Å². The number of hydrogen-bond donors (Lipinski definition) is 1. The molecule has 43 heavy (non-hydrogen) atoms. The second-order valence-electron chi connectivity index (χ2n) is 12.3. The summed E-state index contributed by atoms with van der Waals surface area (Å²) < 4.78 is 12.6. The van der Waals surface area contributed by atoms with Crippen LogP contribution in [0.4, 0.5) is 0 Å². The van der Waals surface area contributed by atoms with Gasteiger partial charge in [-0.05, 0) is 68.3 Å². The molecule has 3 saturated heterocycles. The SMILES string of the molecule is O=C1CCC(N2Cc3c(OCCN4CCCC4C(=O)N4CCC5(CC4)OCCc4ccccc45)cccc3C2=O)C(=O)N1. The number of ether oxygens (including phenoxy) is 2. The van der Waals surface area contributed by atoms with Crippen molar-refractivity contribution < 1.29 is 28.7 Å². The summed E-state index contributed by atoms with van der Waals surface area (Å²) in [5.74, 6) is -0.129. The maximum absolute atomic E-state index is 13.7. The van der Waals surface area contributed by atoms with E-state index in [1.54, 1.807) is 12.1 Å². The van der Waals surface area contributed by atoms with Gasteiger partial charge in [0.25, 0.3) is 5.91 Å². The molecular weight excluding hydrogens is 548 g/mol. The number of nitrogens with zero attached hydrogens (tertiary/aromatic N) is 3. The van der Waals surface area contributed by atoms with Crippen LogP contribution in [0, 0.1) is 0 Å². The lowest BCUT2D eigenvalue weighted by Crippen LogP contribution is -2.53. The summed E-state index contributed by atoms with van der Waals surface area (Å²) in [7, 11) is 0. The Morgan fingerprint density at radius 3 is 2.67 bits per heavy atom. The summed E-state index contributed by atoms with van der Waals surface area (Å²) in [6, 6.07) is 13.2. The molecule has 5 heterocycles. The molecule has 7 rings (SSSR count). The molecule has 0 radical (unpaired) electrons. The van der Waals surface area contributed by atoms with Gasteiger partial charge in [0.1, 0.15) is 18.4 Å². The van der Waals surface area contributed by atoms with Crippen molar-refractivity contribution in [3.8, 4) is 5.75 Å². The predicted molar refractivity (Wildman–Crippen MR) is 156 cm³/mol. The number of carbonyl (C=O) groups excluding carboxylic acids is 4. The summed E-state index contributed by atoms with van der Waals surface area (Å²) in [6.45, 7) is 4.24. The van der Waals surface area contributed by atoms with Gasteiger partial charge in [-0.2, -0.15) is 0 Å². The Balaban J connectivity index is 0.952. The topological polar surface area (TPSA) is 108 Å². The van der Waals surface area contributed by atoms with Crippen molar-refractivity contribution >= 4 is 23.6 Å². The number of hydrogen-bond acceptors (Lipinski definition) is 7. The molecular formula is C33H38N4O6. The van der Waals surface area contributed by atoms with Crippen LogP contribution in [-0.2, 0) is 37.7 Å². The Morgan fingerprint density at radius 1 is 1.00 bits per heavy atom. The Hall–Kier alpha value is -3.76. The highest BCUT2D eigenvalue weighted by Gasteiger charge is 2.44. The molecule has 0 saturated carbocycles. The van der Waals surface area contributed by atoms with E-state index in [-0.39, 0.29) is 42.3 Å². The standard InChI is InChI=1S/C33H38N4O6/c38-29-11-10-26(30(39)34-29)37-21-24-23(31(37)40)6-3-9-28(24)42-20-18-35-15-4-8-27(35)32(41)36-16-13-33(14-17-36)25-7-2-1-5-22(25)12-19-43-33/h1-3,5-7,9,26-27H,4,8,10-21H2,(H,34,38,39). The Morgan fingerprint density at radius 2 is 1.84 bits per heavy atom. The van der Waals surface area contributed by atoms with Crippen molar-refractivity contribution in [2.75, 3.05) is 39.4 Å². The van der Waals surface area contributed by atoms with Gasteiger partial charge in [-0.3, -0.25) is 29.4 Å². The van der Waals surface area contributed by atoms with Gasteiger partial charge in [0.2, 0.25) is 17.7 Å². The number of amides is 4. The first-order valence-corrected chi connectivity index (χ1v) is 15.6. The van der Waals surface area contributed by atoms with E-state index >= 15 is 0 Å². The molecule has 5 aliphatic rings. The van der Waals surface area contributed by atoms with Crippen molar-refractivity contribution in [1.82, 2.24) is 20.0 Å². The van der Waals surface area contributed by atoms with Crippen molar-refractivity contribution in [2.45, 2.75) is 69.2 Å². The van der Waals surface area contributed by atoms with Crippen LogP contribution in [0.25, 0.3) is 0 Å². The van der Waals surface area contributed by atoms with Crippen LogP contribution in [0.2, 0.25) is 0 Å². The smallest absolute Gasteiger partial charge is 0.255 e. The van der Waals surface area contributed by atoms with Crippen LogP contribution in [0.1, 0.15) is 65.6 Å². The number of likely N-dealkylation sites (tertiary alicyclic amines) is 2. The molecule has 0 aromatic heterocycles. The lowest BCUT2D eigenvalue weighted by Gasteiger charge is -2.45. The van der Waals surface area contributed by atoms with Gasteiger partial charge in [0, 0.05) is 37.2 Å². The third kappa shape index (κ3) is 5.10. The molecule has 10 nitrogen and oxygen atoms in total. The van der Waals surface area contributed by atoms with Crippen LogP contribution in [0.3, 0.4) is 0 Å². The molecule has 3 fully saturated rings. The molecule has 2 unspecified atom stereocenters. The van der Waals surface area contributed by atoms with Gasteiger partial charge in [0.05, 0.1) is 24.8 Å². The number of carbonyl (C=O) groups is 4. The molecule has 0 aliphatic carbocycles. The number of rotatable bonds is 6. The van der Waals surface area contributed by atoms with Crippen LogP contribution < -0.4 is 10.1 Å². The fourth-order valence-electron chi connectivity index (χ4n) is 7.67. The van der Waals surface area contributed by atoms with E-state index < -0.39 is 11.9 Å². The molecule has 2 aromatic rings. The second kappa shape index (κ2) is 11.4. The van der Waals surface area contributed by atoms with E-state index in [1.807, 2.05) is 11.0 Å². The van der Waals surface area contributed by atoms with Gasteiger partial charge in [-0.1, -0.05) is 30.3 Å². The third-order valence-electron chi connectivity index (χ3n) is 9.96. The fraction of sp³-hybridized carbons (Fsp3) is 0.515. The highest BCUT2D eigenvalue weighted by atomic mass is 16.5. The first kappa shape index (κ1) is 28.0. The minimum atomic E-state index is -0.661. The molecule has 226 valence electrons. The average molecular weight is 587 g/mol. The van der Waals surface area contributed by atoms with Gasteiger partial charge in [-0.15, -0.1) is 0 Å². The highest BCUT2D eigenvalue weighted by molar-refractivity contribution is 6.05. The Bertz CT molecular complexity index is 1450. The van der Waals surface area contributed by atoms with Gasteiger partial charge in [-0.25, -0.2) is 0 Å². The minimum absolute atomic E-state index is 0.150. The van der Waals surface area contributed by atoms with E-state index in [4.69, 9.17) is 9.47 Å². The molecule has 1 N–H and O–H groups in total. The Labute approximate surface area is 251 Å². The van der Waals surface area contributed by atoms with E-state index in [0.717, 1.165) is 50.8 Å². The fourth-order valence-corrected chi connectivity index (χ4v) is 7.67. The lowest BCUT2D eigenvalue weighted by molar-refractivity contribution is -0.145. The zero-order chi connectivity index (χ0) is 29.6. The summed E-state index contributed by atoms with van der Waals surface area (Å²) in [5.41, 5.74) is 3.68. The first-order valence-electron chi connectivity index (χ1n) is 15.6. The maximum atomic E-state index is 13.7. The van der Waals surface area contributed by atoms with Crippen LogP contribution in [-0.4, -0.2) is 89.8 Å². The van der Waals surface area contributed by atoms with Crippen LogP contribution >= 0.6 is 0 Å². The lowest BCUT2D eigenvalue weighted by atomic mass is 9.79. The minimum Gasteiger partial charge on any atom is -0.492 e. The normalized spacial score (nSPS) is 25.1. The van der Waals surface area contributed by atoms with E-state index in [1.165, 1.54) is 16.0 Å². The van der Waals surface area contributed by atoms with Crippen LogP contribution in [0.5, 0.6) is 5.75 Å². The number of benzene rings is 2. The largest absolute Gasteiger partial charge is 0.492 e. The quantitative estimate of drug-likeness (QED) is 0.518. The molecule has 4 amide bonds. The number of piperidine rings is 2. The van der Waals surface area contributed by atoms with E-state index in [2.05, 4.69) is 34.5 Å². The van der Waals surface area contributed by atoms with Crippen LogP contribution in [0.15, 0.2) is 42.5 Å². The van der Waals surface area contributed by atoms with Crippen molar-refractivity contribution in [2.24, 2.45) is 0 Å². The molecule has 10 heteroatoms. The van der Waals surface area contributed by atoms with Gasteiger partial charge in [0.15, 0.2) is 0 Å². The number of imide groups is 1. The summed E-state index contributed by atoms with van der Waals surface area (Å²) in [5, 5.41) is 2.34. The number of fused-ring (bicyclic) bond motifs is 3. The van der Waals surface area contributed by atoms with Crippen molar-refractivity contribution in [3.05, 3.63) is 64.7 Å². The second-order valence-corrected chi connectivity index (χ2v) is 12.3. The zero-order valence-corrected chi connectivity index (χ0v) is 24.4. The van der Waals surface area contributed by atoms with Crippen molar-refractivity contribution in [1.29, 1.82) is 0 Å². The number of nitrogens with one attached hydrogen (secondary N) is 1. The Kier molecular flexibility index (Phi) is 7.43. The van der Waals surface area contributed by atoms with E-state index in [0.29, 0.717) is 44.0 Å². The maximum Gasteiger partial charge on any atom is 0.255 e. The molecule has 2 atom stereocenters. The monoisotopic (exact) mass is 586 g/mol. The molecule has 2 aromatic carbocycles. The third-order valence-corrected chi connectivity index (χ3v) is 9.96. The highest BCUT2D eigenvalue weighted by Crippen LogP contribution is 2.42. The molecule has 5 aliphatic heterocycles. The summed E-state index contributed by atoms with van der Waals surface area (Å²) >= 11 is 0. The van der Waals surface area contributed by atoms with Gasteiger partial charge >= 0.3 is 0 Å². The van der Waals surface area contributed by atoms with Gasteiger partial charge < -0.3 is 19.3 Å².